The van der Waals surface area contributed by atoms with E-state index in [4.69, 9.17) is 10.8 Å². The first-order valence-corrected chi connectivity index (χ1v) is 10.4. The van der Waals surface area contributed by atoms with E-state index in [9.17, 15) is 19.0 Å². The lowest BCUT2D eigenvalue weighted by Crippen LogP contribution is -2.42. The lowest BCUT2D eigenvalue weighted by atomic mass is 10.1. The number of amides is 1. The van der Waals surface area contributed by atoms with Gasteiger partial charge in [-0.1, -0.05) is 30.3 Å². The summed E-state index contributed by atoms with van der Waals surface area (Å²) in [6.45, 7) is 0.115. The Morgan fingerprint density at radius 1 is 1.24 bits per heavy atom. The molecule has 1 saturated heterocycles. The van der Waals surface area contributed by atoms with Crippen molar-refractivity contribution in [2.45, 2.75) is 37.8 Å². The van der Waals surface area contributed by atoms with Crippen LogP contribution in [0.2, 0.25) is 0 Å². The highest BCUT2D eigenvalue weighted by molar-refractivity contribution is 7.58. The highest BCUT2D eigenvalue weighted by Gasteiger charge is 2.39. The molecule has 7 nitrogen and oxygen atoms in total. The number of aryl methyl sites for hydroxylation is 1. The van der Waals surface area contributed by atoms with Crippen molar-refractivity contribution in [2.75, 3.05) is 18.9 Å². The largest absolute Gasteiger partial charge is 0.480 e. The Hall–Kier alpha value is -1.69. The van der Waals surface area contributed by atoms with Crippen molar-refractivity contribution >= 4 is 19.2 Å². The molecule has 3 atom stereocenters. The highest BCUT2D eigenvalue weighted by Crippen LogP contribution is 2.42. The van der Waals surface area contributed by atoms with E-state index in [1.165, 1.54) is 5.56 Å². The molecule has 25 heavy (non-hydrogen) atoms. The van der Waals surface area contributed by atoms with E-state index < -0.39 is 37.5 Å². The van der Waals surface area contributed by atoms with Crippen molar-refractivity contribution in [3.8, 4) is 0 Å². The number of carboxylic acids is 1. The molecule has 0 bridgehead atoms. The summed E-state index contributed by atoms with van der Waals surface area (Å²) < 4.78 is 12.3. The Morgan fingerprint density at radius 3 is 2.56 bits per heavy atom. The van der Waals surface area contributed by atoms with Crippen LogP contribution >= 0.6 is 7.37 Å². The molecule has 1 aliphatic rings. The molecule has 1 aliphatic heterocycles. The van der Waals surface area contributed by atoms with Crippen LogP contribution in [0.25, 0.3) is 0 Å². The van der Waals surface area contributed by atoms with E-state index in [0.29, 0.717) is 6.42 Å². The van der Waals surface area contributed by atoms with E-state index in [1.54, 1.807) is 0 Å². The molecule has 1 fully saturated rings. The number of nitrogens with two attached hydrogens (primary N) is 1. The van der Waals surface area contributed by atoms with E-state index in [2.05, 4.69) is 0 Å². The van der Waals surface area contributed by atoms with Gasteiger partial charge in [0.25, 0.3) is 0 Å². The Morgan fingerprint density at radius 2 is 1.92 bits per heavy atom. The SMILES string of the molecule is N[C@@H]1C[C@@H](C(=O)O)N(C(=O)CP(=O)(O)CCCCc2ccccc2)C1. The Bertz CT molecular complexity index is 652. The van der Waals surface area contributed by atoms with Gasteiger partial charge in [-0.05, 0) is 31.2 Å². The number of aliphatic carboxylic acids is 1. The van der Waals surface area contributed by atoms with Crippen LogP contribution in [0.15, 0.2) is 30.3 Å². The van der Waals surface area contributed by atoms with Crippen LogP contribution in [-0.4, -0.2) is 57.7 Å². The maximum absolute atomic E-state index is 12.3. The van der Waals surface area contributed by atoms with Gasteiger partial charge in [0.05, 0.1) is 0 Å². The van der Waals surface area contributed by atoms with Gasteiger partial charge in [-0.25, -0.2) is 4.79 Å². The molecule has 0 aliphatic carbocycles. The van der Waals surface area contributed by atoms with Crippen molar-refractivity contribution in [3.05, 3.63) is 35.9 Å². The fourth-order valence-corrected chi connectivity index (χ4v) is 4.57. The summed E-state index contributed by atoms with van der Waals surface area (Å²) in [5.41, 5.74) is 6.89. The van der Waals surface area contributed by atoms with Gasteiger partial charge in [0.2, 0.25) is 13.3 Å². The molecular formula is C17H25N2O5P. The summed E-state index contributed by atoms with van der Waals surface area (Å²) in [7, 11) is -3.62. The second kappa shape index (κ2) is 8.61. The number of rotatable bonds is 8. The molecule has 1 aromatic rings. The number of unbranched alkanes of at least 4 members (excludes halogenated alkanes) is 1. The van der Waals surface area contributed by atoms with Gasteiger partial charge in [-0.2, -0.15) is 0 Å². The normalized spacial score (nSPS) is 22.6. The number of carboxylic acid groups (broad SMARTS) is 1. The third-order valence-electron chi connectivity index (χ3n) is 4.39. The van der Waals surface area contributed by atoms with Crippen molar-refractivity contribution in [3.63, 3.8) is 0 Å². The third kappa shape index (κ3) is 5.96. The average Bonchev–Trinajstić information content (AvgIpc) is 2.95. The van der Waals surface area contributed by atoms with Gasteiger partial charge < -0.3 is 20.6 Å². The molecule has 1 unspecified atom stereocenters. The van der Waals surface area contributed by atoms with Crippen LogP contribution in [0, 0.1) is 0 Å². The topological polar surface area (TPSA) is 121 Å². The first kappa shape index (κ1) is 19.6. The summed E-state index contributed by atoms with van der Waals surface area (Å²) in [4.78, 5) is 34.6. The van der Waals surface area contributed by atoms with Gasteiger partial charge >= 0.3 is 5.97 Å². The van der Waals surface area contributed by atoms with Crippen molar-refractivity contribution in [1.82, 2.24) is 4.90 Å². The van der Waals surface area contributed by atoms with Gasteiger partial charge in [0.1, 0.15) is 12.2 Å². The molecule has 0 aromatic heterocycles. The molecule has 1 heterocycles. The zero-order chi connectivity index (χ0) is 18.4. The highest BCUT2D eigenvalue weighted by atomic mass is 31.2. The van der Waals surface area contributed by atoms with Crippen LogP contribution in [0.1, 0.15) is 24.8 Å². The van der Waals surface area contributed by atoms with Crippen LogP contribution in [0.3, 0.4) is 0 Å². The summed E-state index contributed by atoms with van der Waals surface area (Å²) >= 11 is 0. The molecule has 1 amide bonds. The minimum absolute atomic E-state index is 0.0587. The predicted octanol–water partition coefficient (Wildman–Crippen LogP) is 1.29. The van der Waals surface area contributed by atoms with E-state index in [1.807, 2.05) is 30.3 Å². The fraction of sp³-hybridized carbons (Fsp3) is 0.529. The molecule has 0 radical (unpaired) electrons. The first-order chi connectivity index (χ1) is 11.8. The molecule has 138 valence electrons. The Kier molecular flexibility index (Phi) is 6.76. The first-order valence-electron chi connectivity index (χ1n) is 8.41. The summed E-state index contributed by atoms with van der Waals surface area (Å²) in [5, 5.41) is 9.15. The van der Waals surface area contributed by atoms with Crippen LogP contribution in [0.5, 0.6) is 0 Å². The quantitative estimate of drug-likeness (QED) is 0.470. The molecule has 2 rings (SSSR count). The summed E-state index contributed by atoms with van der Waals surface area (Å²) in [6, 6.07) is 8.44. The van der Waals surface area contributed by atoms with Gasteiger partial charge in [0.15, 0.2) is 0 Å². The maximum Gasteiger partial charge on any atom is 0.326 e. The number of carbonyl (C=O) groups excluding carboxylic acids is 1. The lowest BCUT2D eigenvalue weighted by molar-refractivity contribution is -0.147. The zero-order valence-electron chi connectivity index (χ0n) is 14.1. The van der Waals surface area contributed by atoms with Gasteiger partial charge in [-0.3, -0.25) is 9.36 Å². The van der Waals surface area contributed by atoms with Crippen molar-refractivity contribution in [1.29, 1.82) is 0 Å². The van der Waals surface area contributed by atoms with E-state index in [-0.39, 0.29) is 19.1 Å². The van der Waals surface area contributed by atoms with Crippen LogP contribution < -0.4 is 5.73 Å². The number of benzene rings is 1. The summed E-state index contributed by atoms with van der Waals surface area (Å²) in [5.74, 6) is -1.73. The molecule has 4 N–H and O–H groups in total. The predicted molar refractivity (Wildman–Crippen MR) is 94.7 cm³/mol. The number of likely N-dealkylation sites (tertiary alicyclic amines) is 1. The monoisotopic (exact) mass is 368 g/mol. The van der Waals surface area contributed by atoms with Crippen molar-refractivity contribution in [2.24, 2.45) is 5.73 Å². The standard InChI is InChI=1S/C17H25N2O5P/c18-14-10-15(17(21)22)19(11-14)16(20)12-25(23,24)9-5-4-8-13-6-2-1-3-7-13/h1-3,6-7,14-15H,4-5,8-12,18H2,(H,21,22)(H,23,24)/t14-,15+/m1/s1. The minimum Gasteiger partial charge on any atom is -0.480 e. The number of hydrogen-bond donors (Lipinski definition) is 3. The van der Waals surface area contributed by atoms with Crippen molar-refractivity contribution < 1.29 is 24.2 Å². The Labute approximate surface area is 147 Å². The fourth-order valence-electron chi connectivity index (χ4n) is 3.09. The third-order valence-corrected chi connectivity index (χ3v) is 6.17. The second-order valence-corrected chi connectivity index (χ2v) is 9.02. The molecule has 8 heteroatoms. The minimum atomic E-state index is -3.62. The second-order valence-electron chi connectivity index (χ2n) is 6.57. The number of nitrogens with zero attached hydrogens (tertiary/aromatic N) is 1. The molecule has 0 spiro atoms. The number of carbonyl (C=O) groups is 2. The molecule has 0 saturated carbocycles. The number of hydrogen-bond acceptors (Lipinski definition) is 4. The zero-order valence-corrected chi connectivity index (χ0v) is 15.0. The van der Waals surface area contributed by atoms with Gasteiger partial charge in [-0.15, -0.1) is 0 Å². The van der Waals surface area contributed by atoms with E-state index >= 15 is 0 Å². The average molecular weight is 368 g/mol. The van der Waals surface area contributed by atoms with Gasteiger partial charge in [0, 0.05) is 18.7 Å². The summed E-state index contributed by atoms with van der Waals surface area (Å²) in [6.07, 6.45) is 1.83. The lowest BCUT2D eigenvalue weighted by Gasteiger charge is -2.22. The molecular weight excluding hydrogens is 343 g/mol. The molecule has 1 aromatic carbocycles. The maximum atomic E-state index is 12.3. The van der Waals surface area contributed by atoms with Crippen LogP contribution in [0.4, 0.5) is 0 Å². The Balaban J connectivity index is 1.80. The van der Waals surface area contributed by atoms with E-state index in [0.717, 1.165) is 17.7 Å². The smallest absolute Gasteiger partial charge is 0.326 e. The van der Waals surface area contributed by atoms with Crippen LogP contribution in [-0.2, 0) is 20.6 Å².